The molecule has 1 amide bonds. The second-order valence-corrected chi connectivity index (χ2v) is 8.33. The predicted molar refractivity (Wildman–Crippen MR) is 104 cm³/mol. The number of amides is 1. The van der Waals surface area contributed by atoms with Gasteiger partial charge in [-0.1, -0.05) is 24.9 Å². The number of unbranched alkanes of at least 4 members (excludes halogenated alkanes) is 1. The first-order valence-corrected chi connectivity index (χ1v) is 10.6. The van der Waals surface area contributed by atoms with Crippen molar-refractivity contribution in [1.82, 2.24) is 0 Å². The summed E-state index contributed by atoms with van der Waals surface area (Å²) in [6.07, 6.45) is 2.76. The van der Waals surface area contributed by atoms with Crippen LogP contribution < -0.4 is 5.32 Å². The number of esters is 1. The van der Waals surface area contributed by atoms with E-state index < -0.39 is 21.7 Å². The molecule has 2 aromatic rings. The molecular formula is C19H20ClNO5S. The normalized spacial score (nSPS) is 11.1. The summed E-state index contributed by atoms with van der Waals surface area (Å²) in [5.74, 6) is -0.910. The molecule has 0 aliphatic heterocycles. The van der Waals surface area contributed by atoms with Gasteiger partial charge in [-0.25, -0.2) is 13.2 Å². The maximum Gasteiger partial charge on any atom is 0.338 e. The first kappa shape index (κ1) is 20.9. The third-order valence-corrected chi connectivity index (χ3v) is 5.28. The van der Waals surface area contributed by atoms with Gasteiger partial charge in [-0.05, 0) is 48.9 Å². The number of nitrogens with one attached hydrogen (secondary N) is 1. The Balaban J connectivity index is 2.09. The van der Waals surface area contributed by atoms with Gasteiger partial charge in [0.1, 0.15) is 0 Å². The number of carbonyl (C=O) groups excluding carboxylic acids is 2. The van der Waals surface area contributed by atoms with E-state index in [0.29, 0.717) is 17.9 Å². The predicted octanol–water partition coefficient (Wildman–Crippen LogP) is 3.95. The zero-order valence-electron chi connectivity index (χ0n) is 15.0. The standard InChI is InChI=1S/C19H20ClNO5S/c1-3-4-11-26-19(23)13-5-8-15(9-6-13)21-18(22)14-7-10-16(20)17(12-14)27(2,24)25/h5-10,12H,3-4,11H2,1-2H3,(H,21,22). The van der Waals surface area contributed by atoms with Gasteiger partial charge in [0.05, 0.1) is 22.1 Å². The van der Waals surface area contributed by atoms with E-state index in [4.69, 9.17) is 16.3 Å². The maximum absolute atomic E-state index is 12.4. The molecule has 0 saturated carbocycles. The Labute approximate surface area is 163 Å². The molecule has 0 bridgehead atoms. The van der Waals surface area contributed by atoms with Crippen molar-refractivity contribution < 1.29 is 22.7 Å². The third-order valence-electron chi connectivity index (χ3n) is 3.70. The average molecular weight is 410 g/mol. The third kappa shape index (κ3) is 5.80. The van der Waals surface area contributed by atoms with Gasteiger partial charge in [-0.2, -0.15) is 0 Å². The van der Waals surface area contributed by atoms with Gasteiger partial charge >= 0.3 is 5.97 Å². The van der Waals surface area contributed by atoms with Crippen LogP contribution >= 0.6 is 11.6 Å². The van der Waals surface area contributed by atoms with Gasteiger partial charge in [0, 0.05) is 17.5 Å². The Kier molecular flexibility index (Phi) is 6.98. The minimum atomic E-state index is -3.55. The molecule has 0 atom stereocenters. The van der Waals surface area contributed by atoms with Crippen molar-refractivity contribution in [1.29, 1.82) is 0 Å². The second kappa shape index (κ2) is 9.01. The van der Waals surface area contributed by atoms with E-state index in [0.717, 1.165) is 19.1 Å². The first-order chi connectivity index (χ1) is 12.7. The summed E-state index contributed by atoms with van der Waals surface area (Å²) in [7, 11) is -3.55. The van der Waals surface area contributed by atoms with Crippen LogP contribution in [0.15, 0.2) is 47.4 Å². The number of carbonyl (C=O) groups is 2. The van der Waals surface area contributed by atoms with Gasteiger partial charge in [0.25, 0.3) is 5.91 Å². The zero-order valence-corrected chi connectivity index (χ0v) is 16.6. The van der Waals surface area contributed by atoms with Crippen molar-refractivity contribution in [3.63, 3.8) is 0 Å². The second-order valence-electron chi connectivity index (χ2n) is 5.94. The lowest BCUT2D eigenvalue weighted by molar-refractivity contribution is 0.0499. The van der Waals surface area contributed by atoms with E-state index in [1.54, 1.807) is 24.3 Å². The molecule has 0 aromatic heterocycles. The molecule has 2 aromatic carbocycles. The van der Waals surface area contributed by atoms with Gasteiger partial charge in [-0.3, -0.25) is 4.79 Å². The lowest BCUT2D eigenvalue weighted by Gasteiger charge is -2.09. The number of ether oxygens (including phenoxy) is 1. The smallest absolute Gasteiger partial charge is 0.338 e. The summed E-state index contributed by atoms with van der Waals surface area (Å²) >= 11 is 5.88. The molecule has 0 aliphatic carbocycles. The van der Waals surface area contributed by atoms with Crippen LogP contribution in [0.5, 0.6) is 0 Å². The lowest BCUT2D eigenvalue weighted by Crippen LogP contribution is -2.13. The highest BCUT2D eigenvalue weighted by Crippen LogP contribution is 2.23. The molecule has 27 heavy (non-hydrogen) atoms. The number of sulfone groups is 1. The topological polar surface area (TPSA) is 89.5 Å². The van der Waals surface area contributed by atoms with Crippen LogP contribution in [0.1, 0.15) is 40.5 Å². The SMILES string of the molecule is CCCCOC(=O)c1ccc(NC(=O)c2ccc(Cl)c(S(C)(=O)=O)c2)cc1. The van der Waals surface area contributed by atoms with Gasteiger partial charge in [-0.15, -0.1) is 0 Å². The fraction of sp³-hybridized carbons (Fsp3) is 0.263. The van der Waals surface area contributed by atoms with Crippen LogP contribution in [-0.4, -0.2) is 33.2 Å². The van der Waals surface area contributed by atoms with Gasteiger partial charge < -0.3 is 10.1 Å². The van der Waals surface area contributed by atoms with Crippen molar-refractivity contribution >= 4 is 39.0 Å². The van der Waals surface area contributed by atoms with Crippen LogP contribution in [0.25, 0.3) is 0 Å². The fourth-order valence-corrected chi connectivity index (χ4v) is 3.52. The molecule has 6 nitrogen and oxygen atoms in total. The van der Waals surface area contributed by atoms with Crippen molar-refractivity contribution in [2.24, 2.45) is 0 Å². The molecular weight excluding hydrogens is 390 g/mol. The lowest BCUT2D eigenvalue weighted by atomic mass is 10.2. The monoisotopic (exact) mass is 409 g/mol. The van der Waals surface area contributed by atoms with Gasteiger partial charge in [0.15, 0.2) is 9.84 Å². The van der Waals surface area contributed by atoms with E-state index in [2.05, 4.69) is 5.32 Å². The molecule has 0 saturated heterocycles. The minimum absolute atomic E-state index is 0.0555. The number of benzene rings is 2. The summed E-state index contributed by atoms with van der Waals surface area (Å²) < 4.78 is 28.6. The van der Waals surface area contributed by atoms with E-state index in [1.165, 1.54) is 18.2 Å². The van der Waals surface area contributed by atoms with E-state index in [-0.39, 0.29) is 15.5 Å². The molecule has 8 heteroatoms. The first-order valence-electron chi connectivity index (χ1n) is 8.30. The summed E-state index contributed by atoms with van der Waals surface area (Å²) in [5.41, 5.74) is 0.999. The molecule has 0 aliphatic rings. The number of rotatable bonds is 7. The Morgan fingerprint density at radius 3 is 2.30 bits per heavy atom. The quantitative estimate of drug-likeness (QED) is 0.552. The maximum atomic E-state index is 12.4. The zero-order chi connectivity index (χ0) is 20.0. The number of halogens is 1. The van der Waals surface area contributed by atoms with Crippen LogP contribution in [0.3, 0.4) is 0 Å². The number of hydrogen-bond acceptors (Lipinski definition) is 5. The molecule has 0 radical (unpaired) electrons. The Morgan fingerprint density at radius 1 is 1.07 bits per heavy atom. The Morgan fingerprint density at radius 2 is 1.70 bits per heavy atom. The summed E-state index contributed by atoms with van der Waals surface area (Å²) in [4.78, 5) is 24.1. The summed E-state index contributed by atoms with van der Waals surface area (Å²) in [5, 5.41) is 2.70. The van der Waals surface area contributed by atoms with Crippen molar-refractivity contribution in [2.75, 3.05) is 18.2 Å². The summed E-state index contributed by atoms with van der Waals surface area (Å²) in [6, 6.07) is 10.3. The molecule has 144 valence electrons. The van der Waals surface area contributed by atoms with E-state index in [1.807, 2.05) is 6.92 Å². The molecule has 2 rings (SSSR count). The summed E-state index contributed by atoms with van der Waals surface area (Å²) in [6.45, 7) is 2.37. The van der Waals surface area contributed by atoms with E-state index in [9.17, 15) is 18.0 Å². The molecule has 0 heterocycles. The van der Waals surface area contributed by atoms with Crippen molar-refractivity contribution in [3.8, 4) is 0 Å². The van der Waals surface area contributed by atoms with E-state index >= 15 is 0 Å². The van der Waals surface area contributed by atoms with Crippen LogP contribution in [0.2, 0.25) is 5.02 Å². The molecule has 0 spiro atoms. The van der Waals surface area contributed by atoms with Crippen LogP contribution in [0, 0.1) is 0 Å². The van der Waals surface area contributed by atoms with Crippen LogP contribution in [0.4, 0.5) is 5.69 Å². The minimum Gasteiger partial charge on any atom is -0.462 e. The number of anilines is 1. The van der Waals surface area contributed by atoms with Crippen molar-refractivity contribution in [3.05, 3.63) is 58.6 Å². The Bertz CT molecular complexity index is 939. The Hall–Kier alpha value is -2.38. The largest absolute Gasteiger partial charge is 0.462 e. The molecule has 0 fully saturated rings. The van der Waals surface area contributed by atoms with Crippen molar-refractivity contribution in [2.45, 2.75) is 24.7 Å². The number of hydrogen-bond donors (Lipinski definition) is 1. The molecule has 1 N–H and O–H groups in total. The highest BCUT2D eigenvalue weighted by molar-refractivity contribution is 7.90. The highest BCUT2D eigenvalue weighted by atomic mass is 35.5. The average Bonchev–Trinajstić information content (AvgIpc) is 2.61. The van der Waals surface area contributed by atoms with Crippen LogP contribution in [-0.2, 0) is 14.6 Å². The van der Waals surface area contributed by atoms with Gasteiger partial charge in [0.2, 0.25) is 0 Å². The highest BCUT2D eigenvalue weighted by Gasteiger charge is 2.16. The fourth-order valence-electron chi connectivity index (χ4n) is 2.21. The molecule has 0 unspecified atom stereocenters.